The molecule has 1 aromatic carbocycles. The van der Waals surface area contributed by atoms with Gasteiger partial charge in [-0.25, -0.2) is 4.98 Å². The molecule has 2 aromatic rings. The maximum Gasteiger partial charge on any atom is 0.240 e. The van der Waals surface area contributed by atoms with Gasteiger partial charge < -0.3 is 15.2 Å². The van der Waals surface area contributed by atoms with Crippen molar-refractivity contribution in [3.63, 3.8) is 0 Å². The number of amides is 1. The third-order valence-electron chi connectivity index (χ3n) is 3.39. The van der Waals surface area contributed by atoms with Crippen LogP contribution >= 0.6 is 0 Å². The number of rotatable bonds is 5. The maximum atomic E-state index is 12.3. The number of benzene rings is 1. The van der Waals surface area contributed by atoms with Gasteiger partial charge in [-0.3, -0.25) is 9.69 Å². The lowest BCUT2D eigenvalue weighted by Gasteiger charge is -2.22. The Kier molecular flexibility index (Phi) is 4.59. The maximum absolute atomic E-state index is 12.3. The molecule has 2 rings (SSSR count). The van der Waals surface area contributed by atoms with Gasteiger partial charge in [0.1, 0.15) is 5.82 Å². The third-order valence-corrected chi connectivity index (χ3v) is 3.39. The molecule has 6 nitrogen and oxygen atoms in total. The highest BCUT2D eigenvalue weighted by Gasteiger charge is 2.14. The number of nitrogens with two attached hydrogens (primary N) is 1. The van der Waals surface area contributed by atoms with Crippen LogP contribution in [-0.2, 0) is 18.4 Å². The van der Waals surface area contributed by atoms with E-state index in [9.17, 15) is 4.79 Å². The topological polar surface area (TPSA) is 67.4 Å². The summed E-state index contributed by atoms with van der Waals surface area (Å²) in [6, 6.07) is 7.26. The first-order valence-electron chi connectivity index (χ1n) is 6.74. The molecule has 0 aliphatic rings. The lowest BCUT2D eigenvalue weighted by molar-refractivity contribution is -0.119. The predicted octanol–water partition coefficient (Wildman–Crippen LogP) is 1.10. The van der Waals surface area contributed by atoms with Crippen molar-refractivity contribution in [1.29, 1.82) is 0 Å². The first-order valence-corrected chi connectivity index (χ1v) is 6.74. The van der Waals surface area contributed by atoms with Crippen molar-refractivity contribution in [3.8, 4) is 0 Å². The molecule has 0 spiro atoms. The number of carbonyl (C=O) groups excluding carboxylic acids is 1. The van der Waals surface area contributed by atoms with Gasteiger partial charge in [-0.1, -0.05) is 0 Å². The Balaban J connectivity index is 1.94. The molecule has 0 unspecified atom stereocenters. The molecular formula is C15H21N5O. The zero-order chi connectivity index (χ0) is 15.4. The molecule has 0 saturated heterocycles. The molecular weight excluding hydrogens is 266 g/mol. The van der Waals surface area contributed by atoms with Crippen molar-refractivity contribution in [2.75, 3.05) is 31.3 Å². The van der Waals surface area contributed by atoms with Crippen LogP contribution < -0.4 is 10.6 Å². The molecule has 21 heavy (non-hydrogen) atoms. The van der Waals surface area contributed by atoms with E-state index in [1.807, 2.05) is 41.9 Å². The molecule has 0 bridgehead atoms. The quantitative estimate of drug-likeness (QED) is 0.836. The number of anilines is 2. The van der Waals surface area contributed by atoms with E-state index in [2.05, 4.69) is 4.98 Å². The van der Waals surface area contributed by atoms with Gasteiger partial charge in [0, 0.05) is 37.9 Å². The van der Waals surface area contributed by atoms with Gasteiger partial charge >= 0.3 is 0 Å². The van der Waals surface area contributed by atoms with Crippen LogP contribution in [0.3, 0.4) is 0 Å². The van der Waals surface area contributed by atoms with Crippen LogP contribution in [0.5, 0.6) is 0 Å². The number of hydrogen-bond donors (Lipinski definition) is 1. The monoisotopic (exact) mass is 287 g/mol. The zero-order valence-corrected chi connectivity index (χ0v) is 12.7. The van der Waals surface area contributed by atoms with Gasteiger partial charge in [-0.15, -0.1) is 0 Å². The largest absolute Gasteiger partial charge is 0.399 e. The molecule has 112 valence electrons. The van der Waals surface area contributed by atoms with Gasteiger partial charge in [0.2, 0.25) is 5.91 Å². The number of nitrogens with zero attached hydrogens (tertiary/aromatic N) is 4. The predicted molar refractivity (Wildman–Crippen MR) is 83.8 cm³/mol. The molecule has 0 saturated carbocycles. The van der Waals surface area contributed by atoms with E-state index in [1.54, 1.807) is 30.3 Å². The zero-order valence-electron chi connectivity index (χ0n) is 12.7. The Hall–Kier alpha value is -2.34. The lowest BCUT2D eigenvalue weighted by atomic mass is 10.2. The van der Waals surface area contributed by atoms with E-state index in [-0.39, 0.29) is 5.91 Å². The lowest BCUT2D eigenvalue weighted by Crippen LogP contribution is -2.36. The minimum atomic E-state index is 0.0245. The Morgan fingerprint density at radius 2 is 1.95 bits per heavy atom. The number of aromatic nitrogens is 2. The molecule has 0 aliphatic carbocycles. The number of likely N-dealkylation sites (N-methyl/N-ethyl adjacent to an activating group) is 2. The molecule has 1 amide bonds. The number of nitrogen functional groups attached to an aromatic ring is 1. The first-order chi connectivity index (χ1) is 9.97. The van der Waals surface area contributed by atoms with E-state index in [4.69, 9.17) is 5.73 Å². The van der Waals surface area contributed by atoms with Crippen LogP contribution in [0.15, 0.2) is 36.7 Å². The molecule has 1 aromatic heterocycles. The molecule has 0 radical (unpaired) electrons. The van der Waals surface area contributed by atoms with Gasteiger partial charge in [-0.2, -0.15) is 0 Å². The van der Waals surface area contributed by atoms with Gasteiger partial charge in [-0.05, 0) is 31.3 Å². The molecule has 1 heterocycles. The summed E-state index contributed by atoms with van der Waals surface area (Å²) in [6.07, 6.45) is 3.65. The highest BCUT2D eigenvalue weighted by Crippen LogP contribution is 2.15. The molecule has 0 aliphatic heterocycles. The summed E-state index contributed by atoms with van der Waals surface area (Å²) < 4.78 is 1.95. The van der Waals surface area contributed by atoms with Crippen molar-refractivity contribution in [3.05, 3.63) is 42.5 Å². The summed E-state index contributed by atoms with van der Waals surface area (Å²) in [7, 11) is 5.62. The van der Waals surface area contributed by atoms with E-state index in [1.165, 1.54) is 0 Å². The Morgan fingerprint density at radius 3 is 2.52 bits per heavy atom. The van der Waals surface area contributed by atoms with Crippen molar-refractivity contribution in [2.45, 2.75) is 6.54 Å². The van der Waals surface area contributed by atoms with Crippen LogP contribution in [-0.4, -0.2) is 41.0 Å². The first kappa shape index (κ1) is 15.1. The number of hydrogen-bond acceptors (Lipinski definition) is 4. The SMILES string of the molecule is CN(CC(=O)N(C)c1ccc(N)cc1)Cc1nccn1C. The summed E-state index contributed by atoms with van der Waals surface area (Å²) in [5, 5.41) is 0. The van der Waals surface area contributed by atoms with Crippen molar-refractivity contribution in [2.24, 2.45) is 7.05 Å². The summed E-state index contributed by atoms with van der Waals surface area (Å²) in [6.45, 7) is 0.957. The van der Waals surface area contributed by atoms with E-state index in [0.717, 1.165) is 11.5 Å². The smallest absolute Gasteiger partial charge is 0.240 e. The minimum Gasteiger partial charge on any atom is -0.399 e. The molecule has 0 atom stereocenters. The Bertz CT molecular complexity index is 605. The third kappa shape index (κ3) is 3.82. The van der Waals surface area contributed by atoms with Crippen molar-refractivity contribution in [1.82, 2.24) is 14.5 Å². The van der Waals surface area contributed by atoms with Gasteiger partial charge in [0.05, 0.1) is 13.1 Å². The summed E-state index contributed by atoms with van der Waals surface area (Å²) in [5.74, 6) is 0.955. The normalized spacial score (nSPS) is 10.9. The Morgan fingerprint density at radius 1 is 1.29 bits per heavy atom. The van der Waals surface area contributed by atoms with E-state index >= 15 is 0 Å². The summed E-state index contributed by atoms with van der Waals surface area (Å²) in [5.41, 5.74) is 7.17. The average Bonchev–Trinajstić information content (AvgIpc) is 2.84. The van der Waals surface area contributed by atoms with Crippen LogP contribution in [0.25, 0.3) is 0 Å². The summed E-state index contributed by atoms with van der Waals surface area (Å²) in [4.78, 5) is 20.1. The fourth-order valence-electron chi connectivity index (χ4n) is 2.03. The van der Waals surface area contributed by atoms with E-state index < -0.39 is 0 Å². The molecule has 0 fully saturated rings. The van der Waals surface area contributed by atoms with E-state index in [0.29, 0.717) is 18.8 Å². The van der Waals surface area contributed by atoms with Crippen LogP contribution in [0.2, 0.25) is 0 Å². The fraction of sp³-hybridized carbons (Fsp3) is 0.333. The Labute approximate surface area is 124 Å². The second-order valence-electron chi connectivity index (χ2n) is 5.17. The standard InChI is InChI=1S/C15H21N5O/c1-18(10-14-17-8-9-19(14)2)11-15(21)20(3)13-6-4-12(16)5-7-13/h4-9H,10-11,16H2,1-3H3. The number of imidazole rings is 1. The van der Waals surface area contributed by atoms with Crippen LogP contribution in [0, 0.1) is 0 Å². The number of carbonyl (C=O) groups is 1. The molecule has 2 N–H and O–H groups in total. The highest BCUT2D eigenvalue weighted by molar-refractivity contribution is 5.94. The van der Waals surface area contributed by atoms with Gasteiger partial charge in [0.25, 0.3) is 0 Å². The van der Waals surface area contributed by atoms with Crippen LogP contribution in [0.4, 0.5) is 11.4 Å². The molecule has 6 heteroatoms. The van der Waals surface area contributed by atoms with Crippen molar-refractivity contribution < 1.29 is 4.79 Å². The van der Waals surface area contributed by atoms with Gasteiger partial charge in [0.15, 0.2) is 0 Å². The summed E-state index contributed by atoms with van der Waals surface area (Å²) >= 11 is 0. The number of aryl methyl sites for hydroxylation is 1. The average molecular weight is 287 g/mol. The van der Waals surface area contributed by atoms with Crippen molar-refractivity contribution >= 4 is 17.3 Å². The minimum absolute atomic E-state index is 0.0245. The second-order valence-corrected chi connectivity index (χ2v) is 5.17. The van der Waals surface area contributed by atoms with Crippen LogP contribution in [0.1, 0.15) is 5.82 Å². The fourth-order valence-corrected chi connectivity index (χ4v) is 2.03. The second kappa shape index (κ2) is 6.41. The highest BCUT2D eigenvalue weighted by atomic mass is 16.2.